The summed E-state index contributed by atoms with van der Waals surface area (Å²) in [6.45, 7) is 3.91. The van der Waals surface area contributed by atoms with E-state index in [4.69, 9.17) is 9.66 Å². The van der Waals surface area contributed by atoms with E-state index in [1.807, 2.05) is 44.2 Å². The van der Waals surface area contributed by atoms with Crippen molar-refractivity contribution in [2.45, 2.75) is 30.6 Å². The molecule has 1 saturated carbocycles. The highest BCUT2D eigenvalue weighted by Gasteiger charge is 2.63. The van der Waals surface area contributed by atoms with Crippen LogP contribution < -0.4 is 5.14 Å². The van der Waals surface area contributed by atoms with Crippen molar-refractivity contribution in [1.82, 2.24) is 10.1 Å². The van der Waals surface area contributed by atoms with Gasteiger partial charge < -0.3 is 4.52 Å². The van der Waals surface area contributed by atoms with Crippen LogP contribution in [0.4, 0.5) is 4.39 Å². The van der Waals surface area contributed by atoms with Crippen LogP contribution in [0.2, 0.25) is 0 Å². The number of hydrogen-bond acceptors (Lipinski definition) is 5. The van der Waals surface area contributed by atoms with Crippen molar-refractivity contribution in [2.75, 3.05) is 0 Å². The Kier molecular flexibility index (Phi) is 3.94. The van der Waals surface area contributed by atoms with Crippen LogP contribution in [0.1, 0.15) is 37.1 Å². The fourth-order valence-electron chi connectivity index (χ4n) is 3.73. The van der Waals surface area contributed by atoms with Crippen LogP contribution in [-0.2, 0) is 10.0 Å². The fourth-order valence-corrected chi connectivity index (χ4v) is 4.37. The van der Waals surface area contributed by atoms with Crippen molar-refractivity contribution in [3.8, 4) is 11.4 Å². The summed E-state index contributed by atoms with van der Waals surface area (Å²) >= 11 is 0. The summed E-state index contributed by atoms with van der Waals surface area (Å²) < 4.78 is 43.5. The molecule has 2 N–H and O–H groups in total. The Labute approximate surface area is 156 Å². The number of sulfonamides is 1. The average molecular weight is 387 g/mol. The number of rotatable bonds is 4. The second-order valence-corrected chi connectivity index (χ2v) is 8.83. The minimum Gasteiger partial charge on any atom is -0.339 e. The Balaban J connectivity index is 1.71. The highest BCUT2D eigenvalue weighted by molar-refractivity contribution is 7.89. The van der Waals surface area contributed by atoms with E-state index in [0.29, 0.717) is 11.7 Å². The zero-order chi connectivity index (χ0) is 19.4. The lowest BCUT2D eigenvalue weighted by Gasteiger charge is -2.07. The maximum absolute atomic E-state index is 14.8. The molecule has 1 heterocycles. The summed E-state index contributed by atoms with van der Waals surface area (Å²) in [5.74, 6) is -0.450. The van der Waals surface area contributed by atoms with Crippen LogP contribution in [0.15, 0.2) is 57.9 Å². The highest BCUT2D eigenvalue weighted by Crippen LogP contribution is 2.70. The van der Waals surface area contributed by atoms with Crippen LogP contribution in [0.25, 0.3) is 11.4 Å². The Morgan fingerprint density at radius 3 is 2.44 bits per heavy atom. The van der Waals surface area contributed by atoms with Crippen LogP contribution in [0, 0.1) is 11.2 Å². The lowest BCUT2D eigenvalue weighted by molar-refractivity contribution is 0.368. The van der Waals surface area contributed by atoms with E-state index in [1.165, 1.54) is 12.1 Å². The van der Waals surface area contributed by atoms with E-state index in [1.54, 1.807) is 6.07 Å². The number of nitrogens with two attached hydrogens (primary N) is 1. The summed E-state index contributed by atoms with van der Waals surface area (Å²) in [7, 11) is -4.14. The van der Waals surface area contributed by atoms with E-state index in [0.717, 1.165) is 5.56 Å². The third-order valence-corrected chi connectivity index (χ3v) is 6.13. The van der Waals surface area contributed by atoms with Crippen molar-refractivity contribution >= 4 is 10.0 Å². The standard InChI is InChI=1S/C19H18FN3O3S/c1-19(2)14(12-9-6-10-13(16(12)20)27(21,24)25)15(19)18-22-17(23-26-18)11-7-4-3-5-8-11/h3-10,14-15H,1-2H3,(H2,21,24,25). The molecule has 0 radical (unpaired) electrons. The average Bonchev–Trinajstić information content (AvgIpc) is 2.95. The van der Waals surface area contributed by atoms with Crippen LogP contribution >= 0.6 is 0 Å². The van der Waals surface area contributed by atoms with Gasteiger partial charge in [0.05, 0.1) is 5.92 Å². The van der Waals surface area contributed by atoms with Gasteiger partial charge in [-0.1, -0.05) is 61.5 Å². The number of primary sulfonamides is 1. The van der Waals surface area contributed by atoms with Crippen molar-refractivity contribution in [1.29, 1.82) is 0 Å². The van der Waals surface area contributed by atoms with Gasteiger partial charge in [-0.3, -0.25) is 0 Å². The Morgan fingerprint density at radius 2 is 1.78 bits per heavy atom. The first-order valence-corrected chi connectivity index (χ1v) is 9.96. The van der Waals surface area contributed by atoms with E-state index in [-0.39, 0.29) is 22.8 Å². The van der Waals surface area contributed by atoms with Gasteiger partial charge in [0.2, 0.25) is 21.7 Å². The van der Waals surface area contributed by atoms with Gasteiger partial charge in [-0.2, -0.15) is 4.98 Å². The van der Waals surface area contributed by atoms with Gasteiger partial charge in [0.25, 0.3) is 0 Å². The summed E-state index contributed by atoms with van der Waals surface area (Å²) in [5, 5.41) is 9.14. The van der Waals surface area contributed by atoms with Gasteiger partial charge in [-0.05, 0) is 17.0 Å². The smallest absolute Gasteiger partial charge is 0.240 e. The molecular weight excluding hydrogens is 369 g/mol. The van der Waals surface area contributed by atoms with E-state index < -0.39 is 20.7 Å². The molecule has 2 aromatic carbocycles. The summed E-state index contributed by atoms with van der Waals surface area (Å²) in [4.78, 5) is 3.97. The molecule has 0 bridgehead atoms. The molecule has 3 aromatic rings. The molecule has 0 saturated heterocycles. The molecule has 2 unspecified atom stereocenters. The molecule has 1 aliphatic rings. The first-order chi connectivity index (χ1) is 12.7. The second-order valence-electron chi connectivity index (χ2n) is 7.30. The number of benzene rings is 2. The Bertz CT molecular complexity index is 1110. The number of hydrogen-bond donors (Lipinski definition) is 1. The minimum absolute atomic E-state index is 0.215. The predicted octanol–water partition coefficient (Wildman–Crippen LogP) is 3.43. The molecule has 6 nitrogen and oxygen atoms in total. The normalized spacial score (nSPS) is 21.2. The quantitative estimate of drug-likeness (QED) is 0.739. The van der Waals surface area contributed by atoms with Crippen molar-refractivity contribution in [3.05, 3.63) is 65.8 Å². The third-order valence-electron chi connectivity index (χ3n) is 5.20. The molecule has 27 heavy (non-hydrogen) atoms. The first kappa shape index (κ1) is 17.8. The topological polar surface area (TPSA) is 99.1 Å². The predicted molar refractivity (Wildman–Crippen MR) is 96.8 cm³/mol. The van der Waals surface area contributed by atoms with Crippen LogP contribution in [0.3, 0.4) is 0 Å². The van der Waals surface area contributed by atoms with Gasteiger partial charge in [0.1, 0.15) is 10.7 Å². The number of halogens is 1. The maximum Gasteiger partial charge on any atom is 0.240 e. The Hall–Kier alpha value is -2.58. The SMILES string of the molecule is CC1(C)C(c2nc(-c3ccccc3)no2)C1c1cccc(S(N)(=O)=O)c1F. The summed E-state index contributed by atoms with van der Waals surface area (Å²) in [6, 6.07) is 13.6. The summed E-state index contributed by atoms with van der Waals surface area (Å²) in [5.41, 5.74) is 0.749. The van der Waals surface area contributed by atoms with Gasteiger partial charge in [-0.25, -0.2) is 17.9 Å². The number of aromatic nitrogens is 2. The van der Waals surface area contributed by atoms with Crippen molar-refractivity contribution in [2.24, 2.45) is 10.6 Å². The summed E-state index contributed by atoms with van der Waals surface area (Å²) in [6.07, 6.45) is 0. The van der Waals surface area contributed by atoms with E-state index in [2.05, 4.69) is 10.1 Å². The zero-order valence-electron chi connectivity index (χ0n) is 14.8. The van der Waals surface area contributed by atoms with Gasteiger partial charge in [0, 0.05) is 11.5 Å². The van der Waals surface area contributed by atoms with Crippen molar-refractivity contribution < 1.29 is 17.3 Å². The molecule has 4 rings (SSSR count). The fraction of sp³-hybridized carbons (Fsp3) is 0.263. The lowest BCUT2D eigenvalue weighted by Crippen LogP contribution is -2.15. The monoisotopic (exact) mass is 387 g/mol. The highest BCUT2D eigenvalue weighted by atomic mass is 32.2. The van der Waals surface area contributed by atoms with Crippen LogP contribution in [0.5, 0.6) is 0 Å². The molecule has 1 aromatic heterocycles. The van der Waals surface area contributed by atoms with E-state index >= 15 is 0 Å². The van der Waals surface area contributed by atoms with Gasteiger partial charge >= 0.3 is 0 Å². The minimum atomic E-state index is -4.14. The molecule has 1 aliphatic carbocycles. The molecular formula is C19H18FN3O3S. The van der Waals surface area contributed by atoms with Gasteiger partial charge in [0.15, 0.2) is 0 Å². The zero-order valence-corrected chi connectivity index (χ0v) is 15.6. The Morgan fingerprint density at radius 1 is 1.07 bits per heavy atom. The molecule has 2 atom stereocenters. The third kappa shape index (κ3) is 2.94. The molecule has 1 fully saturated rings. The number of nitrogens with zero attached hydrogens (tertiary/aromatic N) is 2. The maximum atomic E-state index is 14.8. The molecule has 140 valence electrons. The largest absolute Gasteiger partial charge is 0.339 e. The molecule has 0 spiro atoms. The molecule has 0 amide bonds. The van der Waals surface area contributed by atoms with Gasteiger partial charge in [-0.15, -0.1) is 0 Å². The first-order valence-electron chi connectivity index (χ1n) is 8.41. The second kappa shape index (κ2) is 5.97. The lowest BCUT2D eigenvalue weighted by atomic mass is 10.0. The molecule has 8 heteroatoms. The van der Waals surface area contributed by atoms with Crippen molar-refractivity contribution in [3.63, 3.8) is 0 Å². The van der Waals surface area contributed by atoms with E-state index in [9.17, 15) is 12.8 Å². The van der Waals surface area contributed by atoms with Crippen LogP contribution in [-0.4, -0.2) is 18.6 Å². The molecule has 0 aliphatic heterocycles.